The number of fused-ring (bicyclic) bond motifs is 1. The maximum Gasteiger partial charge on any atom is 0.191 e. The summed E-state index contributed by atoms with van der Waals surface area (Å²) in [6, 6.07) is 17.6. The summed E-state index contributed by atoms with van der Waals surface area (Å²) in [6.07, 6.45) is 0. The molecule has 0 spiro atoms. The summed E-state index contributed by atoms with van der Waals surface area (Å²) >= 11 is 1.27. The molecule has 1 aliphatic rings. The van der Waals surface area contributed by atoms with Crippen molar-refractivity contribution in [3.63, 3.8) is 0 Å². The van der Waals surface area contributed by atoms with Crippen LogP contribution >= 0.6 is 11.8 Å². The Morgan fingerprint density at radius 3 is 2.30 bits per heavy atom. The highest BCUT2D eigenvalue weighted by Gasteiger charge is 2.31. The second kappa shape index (κ2) is 9.38. The van der Waals surface area contributed by atoms with Gasteiger partial charge >= 0.3 is 0 Å². The van der Waals surface area contributed by atoms with E-state index in [1.807, 2.05) is 83.9 Å². The topological polar surface area (TPSA) is 87.3 Å². The van der Waals surface area contributed by atoms with Crippen LogP contribution < -0.4 is 14.5 Å². The van der Waals surface area contributed by atoms with E-state index in [0.29, 0.717) is 29.1 Å². The minimum Gasteiger partial charge on any atom is -0.496 e. The molecule has 0 amide bonds. The van der Waals surface area contributed by atoms with E-state index in [-0.39, 0.29) is 17.1 Å². The first-order valence-electron chi connectivity index (χ1n) is 10.4. The van der Waals surface area contributed by atoms with E-state index >= 15 is 0 Å². The number of carbonyl (C=O) groups is 1. The van der Waals surface area contributed by atoms with E-state index < -0.39 is 0 Å². The highest BCUT2D eigenvalue weighted by Crippen LogP contribution is 2.40. The summed E-state index contributed by atoms with van der Waals surface area (Å²) < 4.78 is 7.41. The quantitative estimate of drug-likeness (QED) is 0.298. The number of nitrogens with zero attached hydrogens (tertiary/aromatic N) is 6. The van der Waals surface area contributed by atoms with Crippen LogP contribution in [0.2, 0.25) is 0 Å². The van der Waals surface area contributed by atoms with Crippen molar-refractivity contribution < 1.29 is 9.53 Å². The SMILES string of the molecule is CCn1c(SCC(=O)C(C#N)=C2N(C)c3ccccc3N2C)nnc1-c1ccccc1OC. The zero-order valence-corrected chi connectivity index (χ0v) is 19.8. The smallest absolute Gasteiger partial charge is 0.191 e. The highest BCUT2D eigenvalue weighted by atomic mass is 32.2. The monoisotopic (exact) mass is 460 g/mol. The number of hydrogen-bond acceptors (Lipinski definition) is 8. The van der Waals surface area contributed by atoms with Crippen molar-refractivity contribution in [3.05, 3.63) is 59.9 Å². The first-order chi connectivity index (χ1) is 16.0. The van der Waals surface area contributed by atoms with Crippen molar-refractivity contribution in [2.24, 2.45) is 0 Å². The van der Waals surface area contributed by atoms with Gasteiger partial charge in [0.15, 0.2) is 16.8 Å². The number of ether oxygens (including phenoxy) is 1. The molecule has 0 aliphatic carbocycles. The Bertz CT molecular complexity index is 1240. The van der Waals surface area contributed by atoms with Gasteiger partial charge in [-0.05, 0) is 31.2 Å². The van der Waals surface area contributed by atoms with Gasteiger partial charge in [0, 0.05) is 20.6 Å². The number of thioether (sulfide) groups is 1. The molecule has 0 unspecified atom stereocenters. The largest absolute Gasteiger partial charge is 0.496 e. The lowest BCUT2D eigenvalue weighted by molar-refractivity contribution is -0.112. The number of benzene rings is 2. The fourth-order valence-corrected chi connectivity index (χ4v) is 4.84. The summed E-state index contributed by atoms with van der Waals surface area (Å²) in [5.74, 6) is 1.78. The summed E-state index contributed by atoms with van der Waals surface area (Å²) in [5, 5.41) is 19.1. The molecule has 0 saturated carbocycles. The van der Waals surface area contributed by atoms with Crippen LogP contribution in [0.1, 0.15) is 6.92 Å². The van der Waals surface area contributed by atoms with E-state index in [9.17, 15) is 10.1 Å². The molecule has 4 rings (SSSR count). The predicted molar refractivity (Wildman–Crippen MR) is 129 cm³/mol. The van der Waals surface area contributed by atoms with Gasteiger partial charge in [-0.3, -0.25) is 4.79 Å². The number of ketones is 1. The average molecular weight is 461 g/mol. The maximum atomic E-state index is 13.1. The molecule has 0 bridgehead atoms. The number of rotatable bonds is 7. The Labute approximate surface area is 197 Å². The normalized spacial score (nSPS) is 12.5. The number of carbonyl (C=O) groups excluding carboxylic acids is 1. The summed E-state index contributed by atoms with van der Waals surface area (Å²) in [6.45, 7) is 2.63. The molecule has 1 aromatic heterocycles. The van der Waals surface area contributed by atoms with Crippen LogP contribution in [0.25, 0.3) is 11.4 Å². The van der Waals surface area contributed by atoms with Crippen molar-refractivity contribution in [1.29, 1.82) is 5.26 Å². The van der Waals surface area contributed by atoms with Crippen LogP contribution in [0, 0.1) is 11.3 Å². The number of methoxy groups -OCH3 is 1. The molecule has 2 aromatic carbocycles. The van der Waals surface area contributed by atoms with E-state index in [1.54, 1.807) is 7.11 Å². The molecule has 0 fully saturated rings. The number of allylic oxidation sites excluding steroid dienone is 1. The zero-order valence-electron chi connectivity index (χ0n) is 18.9. The van der Waals surface area contributed by atoms with Crippen LogP contribution in [0.5, 0.6) is 5.75 Å². The second-order valence-electron chi connectivity index (χ2n) is 7.38. The van der Waals surface area contributed by atoms with Gasteiger partial charge in [-0.1, -0.05) is 36.0 Å². The van der Waals surface area contributed by atoms with Crippen molar-refractivity contribution >= 4 is 28.9 Å². The van der Waals surface area contributed by atoms with Gasteiger partial charge in [-0.15, -0.1) is 10.2 Å². The lowest BCUT2D eigenvalue weighted by atomic mass is 10.2. The van der Waals surface area contributed by atoms with E-state index in [1.165, 1.54) is 11.8 Å². The molecular formula is C24H24N6O2S. The molecule has 0 N–H and O–H groups in total. The first-order valence-corrected chi connectivity index (χ1v) is 11.4. The zero-order chi connectivity index (χ0) is 23.5. The number of Topliss-reactive ketones (excluding diaryl/α,β-unsaturated/α-hetero) is 1. The van der Waals surface area contributed by atoms with E-state index in [4.69, 9.17) is 4.74 Å². The number of nitriles is 1. The third kappa shape index (κ3) is 3.94. The van der Waals surface area contributed by atoms with Crippen molar-refractivity contribution in [3.8, 4) is 23.2 Å². The fraction of sp³-hybridized carbons (Fsp3) is 0.250. The molecule has 2 heterocycles. The lowest BCUT2D eigenvalue weighted by Crippen LogP contribution is -2.26. The van der Waals surface area contributed by atoms with Gasteiger partial charge in [-0.2, -0.15) is 5.26 Å². The van der Waals surface area contributed by atoms with Crippen molar-refractivity contribution in [2.45, 2.75) is 18.6 Å². The Kier molecular flexibility index (Phi) is 6.38. The Balaban J connectivity index is 1.59. The number of aromatic nitrogens is 3. The minimum atomic E-state index is -0.256. The standard InChI is InChI=1S/C24H24N6O2S/c1-5-30-22(16-10-6-9-13-21(16)32-4)26-27-24(30)33-15-20(31)17(14-25)23-28(2)18-11-7-8-12-19(18)29(23)3/h6-13H,5,15H2,1-4H3. The molecule has 0 radical (unpaired) electrons. The van der Waals surface area contributed by atoms with Gasteiger partial charge in [-0.25, -0.2) is 0 Å². The minimum absolute atomic E-state index is 0.0779. The fourth-order valence-electron chi connectivity index (χ4n) is 3.97. The first kappa shape index (κ1) is 22.4. The number of para-hydroxylation sites is 3. The van der Waals surface area contributed by atoms with Gasteiger partial charge in [0.05, 0.1) is 29.8 Å². The van der Waals surface area contributed by atoms with E-state index in [2.05, 4.69) is 16.3 Å². The molecule has 1 aliphatic heterocycles. The van der Waals surface area contributed by atoms with Gasteiger partial charge in [0.1, 0.15) is 23.2 Å². The third-order valence-electron chi connectivity index (χ3n) is 5.57. The molecule has 9 heteroatoms. The van der Waals surface area contributed by atoms with Crippen LogP contribution in [-0.4, -0.2) is 47.5 Å². The Morgan fingerprint density at radius 1 is 1.06 bits per heavy atom. The molecule has 0 saturated heterocycles. The predicted octanol–water partition coefficient (Wildman–Crippen LogP) is 3.96. The van der Waals surface area contributed by atoms with Gasteiger partial charge in [0.2, 0.25) is 0 Å². The molecular weight excluding hydrogens is 436 g/mol. The lowest BCUT2D eigenvalue weighted by Gasteiger charge is -2.19. The Morgan fingerprint density at radius 2 is 1.70 bits per heavy atom. The molecule has 8 nitrogen and oxygen atoms in total. The van der Waals surface area contributed by atoms with Crippen LogP contribution in [0.15, 0.2) is 65.1 Å². The highest BCUT2D eigenvalue weighted by molar-refractivity contribution is 7.99. The van der Waals surface area contributed by atoms with Gasteiger partial charge in [0.25, 0.3) is 0 Å². The molecule has 3 aromatic rings. The van der Waals surface area contributed by atoms with Crippen LogP contribution in [-0.2, 0) is 11.3 Å². The van der Waals surface area contributed by atoms with E-state index in [0.717, 1.165) is 16.9 Å². The molecule has 0 atom stereocenters. The summed E-state index contributed by atoms with van der Waals surface area (Å²) in [7, 11) is 5.34. The number of anilines is 2. The summed E-state index contributed by atoms with van der Waals surface area (Å²) in [5.41, 5.74) is 2.86. The van der Waals surface area contributed by atoms with Gasteiger partial charge < -0.3 is 19.1 Å². The maximum absolute atomic E-state index is 13.1. The number of hydrogen-bond donors (Lipinski definition) is 0. The van der Waals surface area contributed by atoms with Crippen molar-refractivity contribution in [2.75, 3.05) is 36.8 Å². The van der Waals surface area contributed by atoms with Crippen LogP contribution in [0.3, 0.4) is 0 Å². The van der Waals surface area contributed by atoms with Crippen molar-refractivity contribution in [1.82, 2.24) is 14.8 Å². The second-order valence-corrected chi connectivity index (χ2v) is 8.32. The molecule has 168 valence electrons. The third-order valence-corrected chi connectivity index (χ3v) is 6.53. The summed E-state index contributed by atoms with van der Waals surface area (Å²) in [4.78, 5) is 16.9. The van der Waals surface area contributed by atoms with Crippen LogP contribution in [0.4, 0.5) is 11.4 Å². The molecule has 33 heavy (non-hydrogen) atoms. The Hall–Kier alpha value is -3.77. The average Bonchev–Trinajstić information content (AvgIpc) is 3.37.